The number of amides is 1. The van der Waals surface area contributed by atoms with Crippen LogP contribution in [0.3, 0.4) is 0 Å². The standard InChI is InChI=1S/C26H24ClNO6/c1-4-33-21-13-17(8-11-19(21)27)24(29)22-23(20-12-5-15(2)34-20)28(26(31)25(22)30)14-16-6-9-18(32-3)10-7-16/h5-13,23,29H,4,14H2,1-3H3/b24-22-. The molecule has 4 rings (SSSR count). The van der Waals surface area contributed by atoms with Crippen LogP contribution >= 0.6 is 11.6 Å². The first-order chi connectivity index (χ1) is 16.3. The second-order valence-corrected chi connectivity index (χ2v) is 8.21. The number of aliphatic hydroxyl groups excluding tert-OH is 1. The Bertz CT molecular complexity index is 1260. The lowest BCUT2D eigenvalue weighted by atomic mass is 9.99. The highest BCUT2D eigenvalue weighted by molar-refractivity contribution is 6.46. The molecule has 1 aliphatic rings. The first-order valence-corrected chi connectivity index (χ1v) is 11.1. The molecule has 1 N–H and O–H groups in total. The molecule has 2 aromatic carbocycles. The van der Waals surface area contributed by atoms with Crippen molar-refractivity contribution in [2.24, 2.45) is 0 Å². The number of benzene rings is 2. The molecule has 1 amide bonds. The Hall–Kier alpha value is -3.71. The lowest BCUT2D eigenvalue weighted by Crippen LogP contribution is -2.29. The quantitative estimate of drug-likeness (QED) is 0.281. The highest BCUT2D eigenvalue weighted by Gasteiger charge is 2.47. The van der Waals surface area contributed by atoms with E-state index in [1.54, 1.807) is 56.5 Å². The second-order valence-electron chi connectivity index (χ2n) is 7.80. The molecular weight excluding hydrogens is 458 g/mol. The Morgan fingerprint density at radius 2 is 1.85 bits per heavy atom. The zero-order valence-electron chi connectivity index (χ0n) is 19.0. The van der Waals surface area contributed by atoms with Crippen molar-refractivity contribution in [3.63, 3.8) is 0 Å². The molecule has 0 aliphatic carbocycles. The normalized spacial score (nSPS) is 17.3. The fourth-order valence-electron chi connectivity index (χ4n) is 3.94. The summed E-state index contributed by atoms with van der Waals surface area (Å²) in [4.78, 5) is 27.7. The number of halogens is 1. The van der Waals surface area contributed by atoms with Gasteiger partial charge >= 0.3 is 0 Å². The first-order valence-electron chi connectivity index (χ1n) is 10.7. The van der Waals surface area contributed by atoms with E-state index in [9.17, 15) is 14.7 Å². The maximum Gasteiger partial charge on any atom is 0.296 e. The molecule has 1 unspecified atom stereocenters. The average Bonchev–Trinajstić information content (AvgIpc) is 3.37. The van der Waals surface area contributed by atoms with Gasteiger partial charge in [0, 0.05) is 12.1 Å². The summed E-state index contributed by atoms with van der Waals surface area (Å²) >= 11 is 6.18. The van der Waals surface area contributed by atoms with Crippen LogP contribution in [-0.4, -0.2) is 35.4 Å². The molecule has 3 aromatic rings. The molecule has 0 bridgehead atoms. The zero-order valence-corrected chi connectivity index (χ0v) is 19.8. The number of carbonyl (C=O) groups is 2. The van der Waals surface area contributed by atoms with Crippen LogP contribution in [0.5, 0.6) is 11.5 Å². The summed E-state index contributed by atoms with van der Waals surface area (Å²) in [5.41, 5.74) is 1.04. The molecule has 7 nitrogen and oxygen atoms in total. The van der Waals surface area contributed by atoms with Crippen LogP contribution in [-0.2, 0) is 16.1 Å². The van der Waals surface area contributed by atoms with Gasteiger partial charge in [-0.05, 0) is 61.9 Å². The van der Waals surface area contributed by atoms with Crippen molar-refractivity contribution < 1.29 is 28.6 Å². The minimum Gasteiger partial charge on any atom is -0.507 e. The molecule has 1 atom stereocenters. The number of ether oxygens (including phenoxy) is 2. The number of aryl methyl sites for hydroxylation is 1. The van der Waals surface area contributed by atoms with E-state index in [1.807, 2.05) is 19.1 Å². The molecule has 1 aliphatic heterocycles. The fraction of sp³-hybridized carbons (Fsp3) is 0.231. The third kappa shape index (κ3) is 4.39. The number of rotatable bonds is 7. The van der Waals surface area contributed by atoms with Gasteiger partial charge in [0.1, 0.15) is 34.8 Å². The number of Topliss-reactive ketones (excluding diaryl/α,β-unsaturated/α-hetero) is 1. The van der Waals surface area contributed by atoms with Crippen molar-refractivity contribution in [3.8, 4) is 11.5 Å². The van der Waals surface area contributed by atoms with Gasteiger partial charge in [0.2, 0.25) is 0 Å². The minimum absolute atomic E-state index is 0.0577. The van der Waals surface area contributed by atoms with Crippen molar-refractivity contribution >= 4 is 29.1 Å². The number of aliphatic hydroxyl groups is 1. The van der Waals surface area contributed by atoms with Crippen LogP contribution in [0, 0.1) is 6.92 Å². The number of ketones is 1. The van der Waals surface area contributed by atoms with Crippen LogP contribution in [0.15, 0.2) is 64.6 Å². The molecule has 176 valence electrons. The number of methoxy groups -OCH3 is 1. The van der Waals surface area contributed by atoms with E-state index >= 15 is 0 Å². The van der Waals surface area contributed by atoms with Gasteiger partial charge in [0.05, 0.1) is 24.3 Å². The van der Waals surface area contributed by atoms with E-state index in [2.05, 4.69) is 0 Å². The molecule has 1 saturated heterocycles. The summed E-state index contributed by atoms with van der Waals surface area (Å²) in [5, 5.41) is 11.6. The Kier molecular flexibility index (Phi) is 6.65. The minimum atomic E-state index is -0.901. The number of carbonyl (C=O) groups excluding carboxylic acids is 2. The summed E-state index contributed by atoms with van der Waals surface area (Å²) < 4.78 is 16.5. The smallest absolute Gasteiger partial charge is 0.296 e. The van der Waals surface area contributed by atoms with Gasteiger partial charge in [-0.2, -0.15) is 0 Å². The van der Waals surface area contributed by atoms with Gasteiger partial charge in [-0.15, -0.1) is 0 Å². The first kappa shape index (κ1) is 23.4. The maximum absolute atomic E-state index is 13.2. The van der Waals surface area contributed by atoms with E-state index in [4.69, 9.17) is 25.5 Å². The zero-order chi connectivity index (χ0) is 24.4. The molecule has 1 aromatic heterocycles. The van der Waals surface area contributed by atoms with E-state index in [0.29, 0.717) is 40.2 Å². The summed E-state index contributed by atoms with van der Waals surface area (Å²) in [6, 6.07) is 14.4. The number of hydrogen-bond acceptors (Lipinski definition) is 6. The summed E-state index contributed by atoms with van der Waals surface area (Å²) in [5.74, 6) is 0.199. The largest absolute Gasteiger partial charge is 0.507 e. The molecular formula is C26H24ClNO6. The lowest BCUT2D eigenvalue weighted by Gasteiger charge is -2.23. The number of likely N-dealkylation sites (tertiary alicyclic amines) is 1. The van der Waals surface area contributed by atoms with Crippen LogP contribution in [0.25, 0.3) is 5.76 Å². The molecule has 34 heavy (non-hydrogen) atoms. The van der Waals surface area contributed by atoms with E-state index < -0.39 is 17.7 Å². The highest BCUT2D eigenvalue weighted by Crippen LogP contribution is 2.41. The Morgan fingerprint density at radius 3 is 2.47 bits per heavy atom. The summed E-state index contributed by atoms with van der Waals surface area (Å²) in [7, 11) is 1.57. The van der Waals surface area contributed by atoms with Crippen LogP contribution in [0.2, 0.25) is 5.02 Å². The monoisotopic (exact) mass is 481 g/mol. The molecule has 0 radical (unpaired) electrons. The second kappa shape index (κ2) is 9.65. The van der Waals surface area contributed by atoms with Gasteiger partial charge in [-0.25, -0.2) is 0 Å². The Morgan fingerprint density at radius 1 is 1.12 bits per heavy atom. The predicted octanol–water partition coefficient (Wildman–Crippen LogP) is 5.27. The number of hydrogen-bond donors (Lipinski definition) is 1. The van der Waals surface area contributed by atoms with E-state index in [0.717, 1.165) is 5.56 Å². The SMILES string of the molecule is CCOc1cc(/C(O)=C2/C(=O)C(=O)N(Cc3ccc(OC)cc3)C2c2ccc(C)o2)ccc1Cl. The van der Waals surface area contributed by atoms with Gasteiger partial charge < -0.3 is 23.9 Å². The number of furan rings is 1. The van der Waals surface area contributed by atoms with Gasteiger partial charge in [0.25, 0.3) is 11.7 Å². The van der Waals surface area contributed by atoms with Crippen molar-refractivity contribution in [1.29, 1.82) is 0 Å². The number of nitrogens with zero attached hydrogens (tertiary/aromatic N) is 1. The van der Waals surface area contributed by atoms with Crippen LogP contribution in [0.4, 0.5) is 0 Å². The van der Waals surface area contributed by atoms with Gasteiger partial charge in [-0.1, -0.05) is 23.7 Å². The van der Waals surface area contributed by atoms with Crippen molar-refractivity contribution in [3.05, 3.63) is 87.8 Å². The fourth-order valence-corrected chi connectivity index (χ4v) is 4.11. The topological polar surface area (TPSA) is 89.2 Å². The van der Waals surface area contributed by atoms with Crippen molar-refractivity contribution in [2.45, 2.75) is 26.4 Å². The van der Waals surface area contributed by atoms with Crippen LogP contribution < -0.4 is 9.47 Å². The van der Waals surface area contributed by atoms with Crippen LogP contribution in [0.1, 0.15) is 35.6 Å². The predicted molar refractivity (Wildman–Crippen MR) is 127 cm³/mol. The molecule has 1 fully saturated rings. The average molecular weight is 482 g/mol. The molecule has 8 heteroatoms. The van der Waals surface area contributed by atoms with Gasteiger partial charge in [-0.3, -0.25) is 9.59 Å². The highest BCUT2D eigenvalue weighted by atomic mass is 35.5. The van der Waals surface area contributed by atoms with Crippen molar-refractivity contribution in [2.75, 3.05) is 13.7 Å². The molecule has 0 spiro atoms. The van der Waals surface area contributed by atoms with E-state index in [1.165, 1.54) is 4.90 Å². The van der Waals surface area contributed by atoms with E-state index in [-0.39, 0.29) is 17.9 Å². The molecule has 2 heterocycles. The summed E-state index contributed by atoms with van der Waals surface area (Å²) in [6.07, 6.45) is 0. The third-order valence-corrected chi connectivity index (χ3v) is 5.90. The lowest BCUT2D eigenvalue weighted by molar-refractivity contribution is -0.140. The summed E-state index contributed by atoms with van der Waals surface area (Å²) in [6.45, 7) is 4.10. The maximum atomic E-state index is 13.2. The Balaban J connectivity index is 1.81. The Labute approximate surface area is 202 Å². The third-order valence-electron chi connectivity index (χ3n) is 5.59. The van der Waals surface area contributed by atoms with Gasteiger partial charge in [0.15, 0.2) is 0 Å². The molecule has 0 saturated carbocycles. The van der Waals surface area contributed by atoms with Crippen molar-refractivity contribution in [1.82, 2.24) is 4.90 Å².